The van der Waals surface area contributed by atoms with Crippen LogP contribution in [0.2, 0.25) is 0 Å². The van der Waals surface area contributed by atoms with E-state index in [1.54, 1.807) is 18.2 Å². The first-order valence-electron chi connectivity index (χ1n) is 7.63. The lowest BCUT2D eigenvalue weighted by Crippen LogP contribution is -2.26. The average molecular weight is 344 g/mol. The molecule has 1 atom stereocenters. The molecule has 1 aliphatic rings. The summed E-state index contributed by atoms with van der Waals surface area (Å²) >= 11 is 0. The third-order valence-corrected chi connectivity index (χ3v) is 3.97. The van der Waals surface area contributed by atoms with E-state index in [0.717, 1.165) is 0 Å². The molecule has 7 heteroatoms. The van der Waals surface area contributed by atoms with Crippen LogP contribution < -0.4 is 15.2 Å². The van der Waals surface area contributed by atoms with Crippen LogP contribution in [-0.2, 0) is 14.3 Å². The Labute approximate surface area is 146 Å². The molecule has 0 amide bonds. The molecule has 0 fully saturated rings. The number of methoxy groups -OCH3 is 3. The van der Waals surface area contributed by atoms with Gasteiger partial charge in [-0.05, 0) is 6.07 Å². The average Bonchev–Trinajstić information content (AvgIpc) is 2.65. The van der Waals surface area contributed by atoms with Gasteiger partial charge >= 0.3 is 5.97 Å². The van der Waals surface area contributed by atoms with Gasteiger partial charge in [-0.15, -0.1) is 0 Å². The first-order chi connectivity index (χ1) is 12.0. The van der Waals surface area contributed by atoms with Crippen LogP contribution in [0.4, 0.5) is 0 Å². The number of allylic oxidation sites excluding steroid dienone is 2. The van der Waals surface area contributed by atoms with Crippen LogP contribution in [0.5, 0.6) is 11.5 Å². The molecule has 0 aliphatic carbocycles. The minimum atomic E-state index is -0.748. The van der Waals surface area contributed by atoms with Crippen molar-refractivity contribution in [3.8, 4) is 17.6 Å². The zero-order chi connectivity index (χ0) is 18.6. The fourth-order valence-corrected chi connectivity index (χ4v) is 2.78. The maximum Gasteiger partial charge on any atom is 0.338 e. The molecular weight excluding hydrogens is 324 g/mol. The summed E-state index contributed by atoms with van der Waals surface area (Å²) in [5.41, 5.74) is 6.87. The van der Waals surface area contributed by atoms with E-state index in [-0.39, 0.29) is 17.0 Å². The Morgan fingerprint density at radius 1 is 1.32 bits per heavy atom. The summed E-state index contributed by atoms with van der Waals surface area (Å²) in [4.78, 5) is 12.4. The van der Waals surface area contributed by atoms with Gasteiger partial charge in [-0.1, -0.05) is 13.0 Å². The van der Waals surface area contributed by atoms with Crippen molar-refractivity contribution in [2.75, 3.05) is 21.3 Å². The van der Waals surface area contributed by atoms with Gasteiger partial charge < -0.3 is 24.7 Å². The maximum absolute atomic E-state index is 12.4. The van der Waals surface area contributed by atoms with E-state index < -0.39 is 11.9 Å². The third kappa shape index (κ3) is 3.24. The zero-order valence-electron chi connectivity index (χ0n) is 14.6. The summed E-state index contributed by atoms with van der Waals surface area (Å²) in [7, 11) is 4.31. The molecule has 0 aromatic heterocycles. The third-order valence-electron chi connectivity index (χ3n) is 3.97. The fraction of sp³-hybridized carbons (Fsp3) is 0.333. The van der Waals surface area contributed by atoms with Crippen LogP contribution in [0.3, 0.4) is 0 Å². The molecule has 0 bridgehead atoms. The van der Waals surface area contributed by atoms with E-state index in [1.165, 1.54) is 21.3 Å². The van der Waals surface area contributed by atoms with Crippen LogP contribution >= 0.6 is 0 Å². The molecule has 132 valence electrons. The summed E-state index contributed by atoms with van der Waals surface area (Å²) in [6.07, 6.45) is 0.415. The van der Waals surface area contributed by atoms with Gasteiger partial charge in [0.25, 0.3) is 0 Å². The topological polar surface area (TPSA) is 104 Å². The van der Waals surface area contributed by atoms with Gasteiger partial charge in [0.2, 0.25) is 5.88 Å². The second kappa shape index (κ2) is 7.62. The van der Waals surface area contributed by atoms with E-state index in [4.69, 9.17) is 24.7 Å². The second-order valence-electron chi connectivity index (χ2n) is 5.21. The van der Waals surface area contributed by atoms with Crippen molar-refractivity contribution in [3.05, 3.63) is 46.6 Å². The van der Waals surface area contributed by atoms with Gasteiger partial charge in [0.15, 0.2) is 0 Å². The number of carbonyl (C=O) groups is 1. The van der Waals surface area contributed by atoms with E-state index in [2.05, 4.69) is 0 Å². The van der Waals surface area contributed by atoms with Gasteiger partial charge in [0.05, 0.1) is 32.8 Å². The smallest absolute Gasteiger partial charge is 0.338 e. The molecule has 0 spiro atoms. The Kier molecular flexibility index (Phi) is 5.55. The number of esters is 1. The minimum absolute atomic E-state index is 0.0325. The van der Waals surface area contributed by atoms with Crippen LogP contribution in [0, 0.1) is 11.3 Å². The molecule has 2 rings (SSSR count). The minimum Gasteiger partial charge on any atom is -0.497 e. The molecule has 1 aliphatic heterocycles. The summed E-state index contributed by atoms with van der Waals surface area (Å²) in [6.45, 7) is 1.82. The predicted molar refractivity (Wildman–Crippen MR) is 89.5 cm³/mol. The highest BCUT2D eigenvalue weighted by Crippen LogP contribution is 2.44. The molecule has 25 heavy (non-hydrogen) atoms. The summed E-state index contributed by atoms with van der Waals surface area (Å²) in [5.74, 6) is 0.0501. The fourth-order valence-electron chi connectivity index (χ4n) is 2.78. The normalized spacial score (nSPS) is 16.8. The highest BCUT2D eigenvalue weighted by atomic mass is 16.5. The molecular formula is C18H20N2O5. The van der Waals surface area contributed by atoms with Crippen LogP contribution in [0.15, 0.2) is 41.0 Å². The van der Waals surface area contributed by atoms with Crippen molar-refractivity contribution in [1.82, 2.24) is 0 Å². The van der Waals surface area contributed by atoms with Crippen LogP contribution in [-0.4, -0.2) is 27.3 Å². The Hall–Kier alpha value is -3.14. The number of rotatable bonds is 5. The Bertz CT molecular complexity index is 789. The molecule has 7 nitrogen and oxygen atoms in total. The number of nitrogens with two attached hydrogens (primary N) is 1. The molecule has 2 N–H and O–H groups in total. The zero-order valence-corrected chi connectivity index (χ0v) is 14.6. The van der Waals surface area contributed by atoms with Crippen LogP contribution in [0.1, 0.15) is 24.8 Å². The van der Waals surface area contributed by atoms with Crippen LogP contribution in [0.25, 0.3) is 0 Å². The number of hydrogen-bond acceptors (Lipinski definition) is 7. The molecule has 0 radical (unpaired) electrons. The van der Waals surface area contributed by atoms with Gasteiger partial charge in [0, 0.05) is 18.1 Å². The molecule has 1 aromatic carbocycles. The van der Waals surface area contributed by atoms with Crippen molar-refractivity contribution in [2.24, 2.45) is 5.73 Å². The predicted octanol–water partition coefficient (Wildman–Crippen LogP) is 2.35. The first kappa shape index (κ1) is 18.2. The number of hydrogen-bond donors (Lipinski definition) is 1. The number of carbonyl (C=O) groups excluding carboxylic acids is 1. The molecule has 1 aromatic rings. The van der Waals surface area contributed by atoms with E-state index >= 15 is 0 Å². The van der Waals surface area contributed by atoms with Gasteiger partial charge in [-0.3, -0.25) is 0 Å². The van der Waals surface area contributed by atoms with Crippen molar-refractivity contribution in [1.29, 1.82) is 5.26 Å². The van der Waals surface area contributed by atoms with Crippen molar-refractivity contribution >= 4 is 5.97 Å². The monoisotopic (exact) mass is 344 g/mol. The molecule has 1 heterocycles. The lowest BCUT2D eigenvalue weighted by atomic mass is 9.82. The number of ether oxygens (including phenoxy) is 4. The first-order valence-corrected chi connectivity index (χ1v) is 7.63. The lowest BCUT2D eigenvalue weighted by Gasteiger charge is -2.28. The van der Waals surface area contributed by atoms with Gasteiger partial charge in [0.1, 0.15) is 28.9 Å². The Morgan fingerprint density at radius 2 is 2.04 bits per heavy atom. The quantitative estimate of drug-likeness (QED) is 0.818. The Morgan fingerprint density at radius 3 is 2.56 bits per heavy atom. The van der Waals surface area contributed by atoms with Crippen molar-refractivity contribution < 1.29 is 23.7 Å². The SMILES string of the molecule is CCC1=C(C(=O)OC)[C@H](c2ccc(OC)cc2OC)C(C#N)=C(N)O1. The lowest BCUT2D eigenvalue weighted by molar-refractivity contribution is -0.136. The Balaban J connectivity index is 2.75. The molecule has 0 saturated carbocycles. The highest BCUT2D eigenvalue weighted by molar-refractivity contribution is 5.92. The second-order valence-corrected chi connectivity index (χ2v) is 5.21. The molecule has 0 unspecified atom stereocenters. The maximum atomic E-state index is 12.4. The summed E-state index contributed by atoms with van der Waals surface area (Å²) < 4.78 is 21.0. The summed E-state index contributed by atoms with van der Waals surface area (Å²) in [6, 6.07) is 7.17. The standard InChI is InChI=1S/C18H20N2O5/c1-5-13-16(18(21)24-4)15(12(9-19)17(20)25-13)11-7-6-10(22-2)8-14(11)23-3/h6-8,15H,5,20H2,1-4H3/t15-/m1/s1. The highest BCUT2D eigenvalue weighted by Gasteiger charge is 2.38. The summed E-state index contributed by atoms with van der Waals surface area (Å²) in [5, 5.41) is 9.58. The molecule has 0 saturated heterocycles. The van der Waals surface area contributed by atoms with Gasteiger partial charge in [-0.25, -0.2) is 4.79 Å². The van der Waals surface area contributed by atoms with Crippen molar-refractivity contribution in [2.45, 2.75) is 19.3 Å². The van der Waals surface area contributed by atoms with Gasteiger partial charge in [-0.2, -0.15) is 5.26 Å². The van der Waals surface area contributed by atoms with E-state index in [1.807, 2.05) is 13.0 Å². The van der Waals surface area contributed by atoms with E-state index in [9.17, 15) is 10.1 Å². The number of nitrogens with zero attached hydrogens (tertiary/aromatic N) is 1. The van der Waals surface area contributed by atoms with Crippen molar-refractivity contribution in [3.63, 3.8) is 0 Å². The van der Waals surface area contributed by atoms with E-state index in [0.29, 0.717) is 29.2 Å². The largest absolute Gasteiger partial charge is 0.497 e. The number of benzene rings is 1. The number of nitriles is 1.